The van der Waals surface area contributed by atoms with Crippen molar-refractivity contribution in [1.82, 2.24) is 15.1 Å². The number of rotatable bonds is 6. The van der Waals surface area contributed by atoms with Gasteiger partial charge in [-0.2, -0.15) is 0 Å². The van der Waals surface area contributed by atoms with E-state index < -0.39 is 0 Å². The predicted molar refractivity (Wildman–Crippen MR) is 119 cm³/mol. The maximum absolute atomic E-state index is 13.5. The van der Waals surface area contributed by atoms with Crippen molar-refractivity contribution in [2.75, 3.05) is 32.7 Å². The molecule has 0 bridgehead atoms. The molecule has 1 saturated heterocycles. The Labute approximate surface area is 189 Å². The molecule has 32 heavy (non-hydrogen) atoms. The van der Waals surface area contributed by atoms with E-state index in [1.807, 2.05) is 5.38 Å². The van der Waals surface area contributed by atoms with Gasteiger partial charge in [0.05, 0.1) is 17.5 Å². The van der Waals surface area contributed by atoms with Crippen molar-refractivity contribution < 1.29 is 18.4 Å². The predicted octanol–water partition coefficient (Wildman–Crippen LogP) is 3.69. The van der Waals surface area contributed by atoms with Crippen molar-refractivity contribution in [3.8, 4) is 0 Å². The molecule has 1 N–H and O–H groups in total. The van der Waals surface area contributed by atoms with Crippen LogP contribution in [-0.2, 0) is 4.79 Å². The molecule has 1 aliphatic rings. The normalized spacial score (nSPS) is 14.5. The van der Waals surface area contributed by atoms with E-state index in [4.69, 9.17) is 0 Å². The number of nitrogens with one attached hydrogen (secondary N) is 1. The van der Waals surface area contributed by atoms with Gasteiger partial charge in [0.2, 0.25) is 5.91 Å². The molecule has 1 fully saturated rings. The van der Waals surface area contributed by atoms with E-state index in [-0.39, 0.29) is 36.0 Å². The van der Waals surface area contributed by atoms with Gasteiger partial charge in [-0.05, 0) is 46.8 Å². The summed E-state index contributed by atoms with van der Waals surface area (Å²) in [5, 5.41) is 4.49. The van der Waals surface area contributed by atoms with E-state index >= 15 is 0 Å². The monoisotopic (exact) mass is 455 g/mol. The summed E-state index contributed by atoms with van der Waals surface area (Å²) >= 11 is 1.33. The molecule has 0 radical (unpaired) electrons. The lowest BCUT2D eigenvalue weighted by molar-refractivity contribution is -0.132. The Morgan fingerprint density at radius 3 is 1.94 bits per heavy atom. The average Bonchev–Trinajstić information content (AvgIpc) is 3.36. The molecule has 8 heteroatoms. The third-order valence-electron chi connectivity index (χ3n) is 5.55. The number of carbonyl (C=O) groups is 2. The quantitative estimate of drug-likeness (QED) is 0.617. The highest BCUT2D eigenvalue weighted by atomic mass is 32.1. The molecule has 3 aromatic rings. The molecule has 0 saturated carbocycles. The summed E-state index contributed by atoms with van der Waals surface area (Å²) in [5.74, 6) is -1.01. The van der Waals surface area contributed by atoms with E-state index in [9.17, 15) is 18.4 Å². The number of benzene rings is 2. The summed E-state index contributed by atoms with van der Waals surface area (Å²) in [6.45, 7) is 2.17. The molecule has 5 nitrogen and oxygen atoms in total. The summed E-state index contributed by atoms with van der Waals surface area (Å²) in [6, 6.07) is 16.0. The van der Waals surface area contributed by atoms with Gasteiger partial charge in [-0.3, -0.25) is 14.5 Å². The minimum Gasteiger partial charge on any atom is -0.342 e. The van der Waals surface area contributed by atoms with Crippen LogP contribution in [0.3, 0.4) is 0 Å². The second-order valence-electron chi connectivity index (χ2n) is 7.58. The number of amides is 2. The van der Waals surface area contributed by atoms with Crippen LogP contribution in [0.4, 0.5) is 8.78 Å². The summed E-state index contributed by atoms with van der Waals surface area (Å²) in [4.78, 5) is 29.1. The third kappa shape index (κ3) is 5.20. The summed E-state index contributed by atoms with van der Waals surface area (Å²) < 4.78 is 26.9. The molecule has 0 atom stereocenters. The van der Waals surface area contributed by atoms with Crippen molar-refractivity contribution >= 4 is 23.2 Å². The lowest BCUT2D eigenvalue weighted by Gasteiger charge is -2.39. The van der Waals surface area contributed by atoms with Gasteiger partial charge in [-0.1, -0.05) is 30.3 Å². The highest BCUT2D eigenvalue weighted by Crippen LogP contribution is 2.30. The molecular weight excluding hydrogens is 432 g/mol. The van der Waals surface area contributed by atoms with Crippen molar-refractivity contribution in [1.29, 1.82) is 0 Å². The SMILES string of the molecule is O=C(NCC(=O)N1CCN(C(c2ccc(F)cc2)c2ccc(F)cc2)CC1)c1cccs1. The third-order valence-corrected chi connectivity index (χ3v) is 6.42. The van der Waals surface area contributed by atoms with Crippen LogP contribution >= 0.6 is 11.3 Å². The smallest absolute Gasteiger partial charge is 0.261 e. The van der Waals surface area contributed by atoms with Gasteiger partial charge >= 0.3 is 0 Å². The molecular formula is C24H23F2N3O2S. The molecule has 166 valence electrons. The van der Waals surface area contributed by atoms with E-state index in [0.29, 0.717) is 31.1 Å². The van der Waals surface area contributed by atoms with E-state index in [1.54, 1.807) is 41.3 Å². The first-order valence-electron chi connectivity index (χ1n) is 10.4. The minimum atomic E-state index is -0.313. The van der Waals surface area contributed by atoms with Gasteiger partial charge in [-0.15, -0.1) is 11.3 Å². The van der Waals surface area contributed by atoms with Gasteiger partial charge in [0.1, 0.15) is 11.6 Å². The van der Waals surface area contributed by atoms with Crippen LogP contribution in [0.25, 0.3) is 0 Å². The molecule has 0 spiro atoms. The van der Waals surface area contributed by atoms with Crippen molar-refractivity contribution in [2.45, 2.75) is 6.04 Å². The van der Waals surface area contributed by atoms with Crippen molar-refractivity contribution in [3.05, 3.63) is 93.7 Å². The molecule has 2 aromatic carbocycles. The zero-order valence-electron chi connectivity index (χ0n) is 17.3. The fraction of sp³-hybridized carbons (Fsp3) is 0.250. The van der Waals surface area contributed by atoms with Gasteiger partial charge in [0, 0.05) is 26.2 Å². The first kappa shape index (κ1) is 22.1. The second-order valence-corrected chi connectivity index (χ2v) is 8.53. The number of carbonyl (C=O) groups excluding carboxylic acids is 2. The number of piperazine rings is 1. The van der Waals surface area contributed by atoms with Gasteiger partial charge in [-0.25, -0.2) is 8.78 Å². The number of hydrogen-bond donors (Lipinski definition) is 1. The summed E-state index contributed by atoms with van der Waals surface area (Å²) in [5.41, 5.74) is 1.81. The fourth-order valence-corrected chi connectivity index (χ4v) is 4.54. The lowest BCUT2D eigenvalue weighted by atomic mass is 9.96. The number of thiophene rings is 1. The van der Waals surface area contributed by atoms with Crippen molar-refractivity contribution in [2.24, 2.45) is 0 Å². The van der Waals surface area contributed by atoms with Crippen LogP contribution in [-0.4, -0.2) is 54.3 Å². The largest absolute Gasteiger partial charge is 0.342 e. The summed E-state index contributed by atoms with van der Waals surface area (Å²) in [6.07, 6.45) is 0. The molecule has 0 unspecified atom stereocenters. The van der Waals surface area contributed by atoms with E-state index in [0.717, 1.165) is 11.1 Å². The standard InChI is InChI=1S/C24H23F2N3O2S/c25-19-7-3-17(4-8-19)23(18-5-9-20(26)10-6-18)29-13-11-28(12-14-29)22(30)16-27-24(31)21-2-1-15-32-21/h1-10,15,23H,11-14,16H2,(H,27,31). The second kappa shape index (κ2) is 10.0. The van der Waals surface area contributed by atoms with Crippen LogP contribution in [0, 0.1) is 11.6 Å². The molecule has 4 rings (SSSR count). The van der Waals surface area contributed by atoms with Gasteiger partial charge in [0.25, 0.3) is 5.91 Å². The van der Waals surface area contributed by atoms with Crippen LogP contribution in [0.5, 0.6) is 0 Å². The van der Waals surface area contributed by atoms with Gasteiger partial charge in [0.15, 0.2) is 0 Å². The Hall–Kier alpha value is -3.10. The Morgan fingerprint density at radius 1 is 0.875 bits per heavy atom. The zero-order valence-corrected chi connectivity index (χ0v) is 18.2. The Kier molecular flexibility index (Phi) is 6.92. The Morgan fingerprint density at radius 2 is 1.44 bits per heavy atom. The maximum Gasteiger partial charge on any atom is 0.261 e. The summed E-state index contributed by atoms with van der Waals surface area (Å²) in [7, 11) is 0. The zero-order chi connectivity index (χ0) is 22.5. The fourth-order valence-electron chi connectivity index (χ4n) is 3.90. The molecule has 1 aromatic heterocycles. The van der Waals surface area contributed by atoms with Crippen molar-refractivity contribution in [3.63, 3.8) is 0 Å². The highest BCUT2D eigenvalue weighted by Gasteiger charge is 2.28. The number of hydrogen-bond acceptors (Lipinski definition) is 4. The molecule has 2 heterocycles. The van der Waals surface area contributed by atoms with Crippen LogP contribution in [0.2, 0.25) is 0 Å². The molecule has 1 aliphatic heterocycles. The molecule has 0 aliphatic carbocycles. The Balaban J connectivity index is 1.40. The van der Waals surface area contributed by atoms with E-state index in [2.05, 4.69) is 10.2 Å². The van der Waals surface area contributed by atoms with Crippen LogP contribution < -0.4 is 5.32 Å². The van der Waals surface area contributed by atoms with Gasteiger partial charge < -0.3 is 10.2 Å². The van der Waals surface area contributed by atoms with E-state index in [1.165, 1.54) is 35.6 Å². The van der Waals surface area contributed by atoms with Crippen LogP contribution in [0.1, 0.15) is 26.8 Å². The van der Waals surface area contributed by atoms with Crippen LogP contribution in [0.15, 0.2) is 66.0 Å². The highest BCUT2D eigenvalue weighted by molar-refractivity contribution is 7.12. The number of nitrogens with zero attached hydrogens (tertiary/aromatic N) is 2. The maximum atomic E-state index is 13.5. The number of halogens is 2. The first-order valence-corrected chi connectivity index (χ1v) is 11.2. The average molecular weight is 456 g/mol. The topological polar surface area (TPSA) is 52.7 Å². The molecule has 2 amide bonds. The minimum absolute atomic E-state index is 0.0455. The first-order chi connectivity index (χ1) is 15.5. The Bertz CT molecular complexity index is 1000. The lowest BCUT2D eigenvalue weighted by Crippen LogP contribution is -2.52.